The SMILES string of the molecule is CCN1CCN(C(C)CCC(C)N2CCC(C(C)C)CC2)CC1. The second-order valence-electron chi connectivity index (χ2n) is 8.36. The van der Waals surface area contributed by atoms with Crippen LogP contribution in [0, 0.1) is 11.8 Å². The Hall–Kier alpha value is -0.120. The van der Waals surface area contributed by atoms with Gasteiger partial charge >= 0.3 is 0 Å². The Kier molecular flexibility index (Phi) is 7.84. The molecule has 0 aromatic rings. The highest BCUT2D eigenvalue weighted by atomic mass is 15.3. The lowest BCUT2D eigenvalue weighted by atomic mass is 9.86. The molecule has 3 nitrogen and oxygen atoms in total. The van der Waals surface area contributed by atoms with Crippen LogP contribution in [0.5, 0.6) is 0 Å². The number of piperidine rings is 1. The molecule has 2 heterocycles. The third-order valence-corrected chi connectivity index (χ3v) is 6.62. The van der Waals surface area contributed by atoms with E-state index in [-0.39, 0.29) is 0 Å². The fraction of sp³-hybridized carbons (Fsp3) is 1.00. The zero-order valence-corrected chi connectivity index (χ0v) is 16.4. The maximum Gasteiger partial charge on any atom is 0.0113 e. The lowest BCUT2D eigenvalue weighted by molar-refractivity contribution is 0.0863. The molecule has 0 bridgehead atoms. The highest BCUT2D eigenvalue weighted by molar-refractivity contribution is 4.80. The van der Waals surface area contributed by atoms with Crippen LogP contribution in [0.3, 0.4) is 0 Å². The van der Waals surface area contributed by atoms with Crippen molar-refractivity contribution in [3.05, 3.63) is 0 Å². The first kappa shape index (κ1) is 19.2. The third-order valence-electron chi connectivity index (χ3n) is 6.62. The molecule has 0 aliphatic carbocycles. The van der Waals surface area contributed by atoms with Crippen LogP contribution in [-0.2, 0) is 0 Å². The van der Waals surface area contributed by atoms with Gasteiger partial charge in [-0.15, -0.1) is 0 Å². The molecule has 0 aromatic carbocycles. The number of likely N-dealkylation sites (tertiary alicyclic amines) is 1. The van der Waals surface area contributed by atoms with Gasteiger partial charge in [0.05, 0.1) is 0 Å². The van der Waals surface area contributed by atoms with Crippen molar-refractivity contribution < 1.29 is 0 Å². The highest BCUT2D eigenvalue weighted by Crippen LogP contribution is 2.26. The summed E-state index contributed by atoms with van der Waals surface area (Å²) in [5.41, 5.74) is 0. The van der Waals surface area contributed by atoms with Crippen molar-refractivity contribution in [3.63, 3.8) is 0 Å². The monoisotopic (exact) mass is 323 g/mol. The molecule has 0 radical (unpaired) electrons. The average Bonchev–Trinajstić information content (AvgIpc) is 2.59. The Morgan fingerprint density at radius 1 is 0.739 bits per heavy atom. The molecule has 2 aliphatic rings. The number of hydrogen-bond donors (Lipinski definition) is 0. The quantitative estimate of drug-likeness (QED) is 0.709. The summed E-state index contributed by atoms with van der Waals surface area (Å²) in [6, 6.07) is 1.52. The van der Waals surface area contributed by atoms with Crippen LogP contribution in [0.4, 0.5) is 0 Å². The maximum atomic E-state index is 2.75. The zero-order chi connectivity index (χ0) is 16.8. The first-order valence-electron chi connectivity index (χ1n) is 10.2. The van der Waals surface area contributed by atoms with E-state index in [1.54, 1.807) is 0 Å². The predicted molar refractivity (Wildman–Crippen MR) is 101 cm³/mol. The van der Waals surface area contributed by atoms with E-state index in [0.717, 1.165) is 23.9 Å². The van der Waals surface area contributed by atoms with Gasteiger partial charge in [0.25, 0.3) is 0 Å². The molecular weight excluding hydrogens is 282 g/mol. The van der Waals surface area contributed by atoms with E-state index in [2.05, 4.69) is 49.3 Å². The molecule has 3 heteroatoms. The van der Waals surface area contributed by atoms with Crippen molar-refractivity contribution >= 4 is 0 Å². The number of piperazine rings is 1. The number of hydrogen-bond acceptors (Lipinski definition) is 3. The summed E-state index contributed by atoms with van der Waals surface area (Å²) in [7, 11) is 0. The van der Waals surface area contributed by atoms with E-state index in [1.165, 1.54) is 71.5 Å². The Morgan fingerprint density at radius 2 is 1.22 bits per heavy atom. The molecule has 0 spiro atoms. The fourth-order valence-corrected chi connectivity index (χ4v) is 4.39. The number of nitrogens with zero attached hydrogens (tertiary/aromatic N) is 3. The van der Waals surface area contributed by atoms with Crippen molar-refractivity contribution in [2.45, 2.75) is 72.4 Å². The first-order chi connectivity index (χ1) is 11.0. The Labute approximate surface area is 145 Å². The lowest BCUT2D eigenvalue weighted by Crippen LogP contribution is -2.49. The molecular formula is C20H41N3. The lowest BCUT2D eigenvalue weighted by Gasteiger charge is -2.40. The fourth-order valence-electron chi connectivity index (χ4n) is 4.39. The molecule has 0 saturated carbocycles. The summed E-state index contributed by atoms with van der Waals surface area (Å²) >= 11 is 0. The Bertz CT molecular complexity index is 315. The first-order valence-corrected chi connectivity index (χ1v) is 10.2. The highest BCUT2D eigenvalue weighted by Gasteiger charge is 2.25. The minimum Gasteiger partial charge on any atom is -0.301 e. The normalized spacial score (nSPS) is 25.8. The van der Waals surface area contributed by atoms with Crippen molar-refractivity contribution in [3.8, 4) is 0 Å². The van der Waals surface area contributed by atoms with E-state index >= 15 is 0 Å². The predicted octanol–water partition coefficient (Wildman–Crippen LogP) is 3.55. The van der Waals surface area contributed by atoms with Crippen molar-refractivity contribution in [2.24, 2.45) is 11.8 Å². The molecule has 2 atom stereocenters. The van der Waals surface area contributed by atoms with Gasteiger partial charge in [0.2, 0.25) is 0 Å². The van der Waals surface area contributed by atoms with Crippen molar-refractivity contribution in [1.29, 1.82) is 0 Å². The molecule has 2 aliphatic heterocycles. The van der Waals surface area contributed by atoms with Crippen LogP contribution in [0.1, 0.15) is 60.3 Å². The van der Waals surface area contributed by atoms with E-state index in [1.807, 2.05) is 0 Å². The summed E-state index contributed by atoms with van der Waals surface area (Å²) in [6.07, 6.45) is 5.55. The summed E-state index contributed by atoms with van der Waals surface area (Å²) in [4.78, 5) is 8.04. The van der Waals surface area contributed by atoms with E-state index in [0.29, 0.717) is 0 Å². The molecule has 0 amide bonds. The molecule has 2 saturated heterocycles. The third kappa shape index (κ3) is 5.72. The van der Waals surface area contributed by atoms with Gasteiger partial charge in [-0.3, -0.25) is 4.90 Å². The molecule has 2 rings (SSSR count). The molecule has 0 aromatic heterocycles. The van der Waals surface area contributed by atoms with Crippen LogP contribution < -0.4 is 0 Å². The largest absolute Gasteiger partial charge is 0.301 e. The summed E-state index contributed by atoms with van der Waals surface area (Å²) < 4.78 is 0. The average molecular weight is 324 g/mol. The maximum absolute atomic E-state index is 2.75. The summed E-state index contributed by atoms with van der Waals surface area (Å²) in [6.45, 7) is 20.9. The second-order valence-corrected chi connectivity index (χ2v) is 8.36. The zero-order valence-electron chi connectivity index (χ0n) is 16.4. The minimum atomic E-state index is 0.754. The van der Waals surface area contributed by atoms with E-state index < -0.39 is 0 Å². The second kappa shape index (κ2) is 9.39. The van der Waals surface area contributed by atoms with Crippen LogP contribution in [0.25, 0.3) is 0 Å². The summed E-state index contributed by atoms with van der Waals surface area (Å²) in [5.74, 6) is 1.83. The van der Waals surface area contributed by atoms with Gasteiger partial charge in [-0.1, -0.05) is 20.8 Å². The van der Waals surface area contributed by atoms with Gasteiger partial charge in [0.1, 0.15) is 0 Å². The Balaban J connectivity index is 1.65. The molecule has 2 unspecified atom stereocenters. The van der Waals surface area contributed by atoms with Gasteiger partial charge in [-0.25, -0.2) is 0 Å². The number of rotatable bonds is 7. The minimum absolute atomic E-state index is 0.754. The van der Waals surface area contributed by atoms with Crippen molar-refractivity contribution in [2.75, 3.05) is 45.8 Å². The van der Waals surface area contributed by atoms with Gasteiger partial charge in [-0.2, -0.15) is 0 Å². The van der Waals surface area contributed by atoms with Crippen LogP contribution >= 0.6 is 0 Å². The van der Waals surface area contributed by atoms with Crippen LogP contribution in [-0.4, -0.2) is 72.6 Å². The van der Waals surface area contributed by atoms with Gasteiger partial charge in [-0.05, 0) is 71.0 Å². The molecule has 23 heavy (non-hydrogen) atoms. The smallest absolute Gasteiger partial charge is 0.0113 e. The topological polar surface area (TPSA) is 9.72 Å². The number of likely N-dealkylation sites (N-methyl/N-ethyl adjacent to an activating group) is 1. The molecule has 136 valence electrons. The van der Waals surface area contributed by atoms with Gasteiger partial charge in [0.15, 0.2) is 0 Å². The molecule has 2 fully saturated rings. The van der Waals surface area contributed by atoms with E-state index in [9.17, 15) is 0 Å². The van der Waals surface area contributed by atoms with E-state index in [4.69, 9.17) is 0 Å². The summed E-state index contributed by atoms with van der Waals surface area (Å²) in [5, 5.41) is 0. The van der Waals surface area contributed by atoms with Gasteiger partial charge in [0, 0.05) is 38.3 Å². The van der Waals surface area contributed by atoms with Crippen LogP contribution in [0.2, 0.25) is 0 Å². The standard InChI is InChI=1S/C20H41N3/c1-6-21-13-15-23(16-14-21)19(5)8-7-18(4)22-11-9-20(10-12-22)17(2)3/h17-20H,6-16H2,1-5H3. The van der Waals surface area contributed by atoms with Gasteiger partial charge < -0.3 is 9.80 Å². The van der Waals surface area contributed by atoms with Crippen LogP contribution in [0.15, 0.2) is 0 Å². The molecule has 0 N–H and O–H groups in total. The van der Waals surface area contributed by atoms with Crippen molar-refractivity contribution in [1.82, 2.24) is 14.7 Å². The Morgan fingerprint density at radius 3 is 1.65 bits per heavy atom.